The number of anilines is 1. The summed E-state index contributed by atoms with van der Waals surface area (Å²) in [5, 5.41) is 19.7. The third kappa shape index (κ3) is 4.51. The summed E-state index contributed by atoms with van der Waals surface area (Å²) in [6.45, 7) is 4.20. The first-order chi connectivity index (χ1) is 11.3. The summed E-state index contributed by atoms with van der Waals surface area (Å²) in [5.41, 5.74) is 2.91. The highest BCUT2D eigenvalue weighted by molar-refractivity contribution is 5.36. The van der Waals surface area contributed by atoms with Gasteiger partial charge in [0.1, 0.15) is 11.9 Å². The molecule has 5 heteroatoms. The first kappa shape index (κ1) is 15.4. The molecule has 1 saturated heterocycles. The second kappa shape index (κ2) is 7.70. The van der Waals surface area contributed by atoms with Crippen molar-refractivity contribution in [2.75, 3.05) is 18.4 Å². The van der Waals surface area contributed by atoms with E-state index in [-0.39, 0.29) is 0 Å². The van der Waals surface area contributed by atoms with Crippen LogP contribution < -0.4 is 5.32 Å². The van der Waals surface area contributed by atoms with Crippen LogP contribution in [0.25, 0.3) is 0 Å². The zero-order valence-corrected chi connectivity index (χ0v) is 13.2. The molecule has 1 fully saturated rings. The Morgan fingerprint density at radius 2 is 1.70 bits per heavy atom. The molecule has 1 aromatic carbocycles. The number of likely N-dealkylation sites (tertiary alicyclic amines) is 1. The van der Waals surface area contributed by atoms with Crippen LogP contribution in [0.4, 0.5) is 5.82 Å². The summed E-state index contributed by atoms with van der Waals surface area (Å²) in [4.78, 5) is 2.53. The predicted octanol–water partition coefficient (Wildman–Crippen LogP) is 2.95. The summed E-state index contributed by atoms with van der Waals surface area (Å²) in [6, 6.07) is 14.1. The number of aromatic nitrogens is 2. The average Bonchev–Trinajstić information content (AvgIpc) is 2.62. The monoisotopic (exact) mass is 307 g/mol. The molecule has 23 heavy (non-hydrogen) atoms. The Bertz CT molecular complexity index is 651. The average molecular weight is 307 g/mol. The van der Waals surface area contributed by atoms with Gasteiger partial charge < -0.3 is 5.32 Å². The highest BCUT2D eigenvalue weighted by atomic mass is 15.2. The number of nitriles is 1. The molecule has 0 spiro atoms. The van der Waals surface area contributed by atoms with E-state index in [0.29, 0.717) is 18.1 Å². The molecule has 1 aliphatic rings. The molecule has 5 nitrogen and oxygen atoms in total. The zero-order valence-electron chi connectivity index (χ0n) is 13.2. The minimum absolute atomic E-state index is 0.331. The molecule has 0 aliphatic carbocycles. The molecule has 0 bridgehead atoms. The topological polar surface area (TPSA) is 64.8 Å². The summed E-state index contributed by atoms with van der Waals surface area (Å²) >= 11 is 0. The highest BCUT2D eigenvalue weighted by Crippen LogP contribution is 2.14. The van der Waals surface area contributed by atoms with Gasteiger partial charge >= 0.3 is 0 Å². The van der Waals surface area contributed by atoms with Crippen LogP contribution >= 0.6 is 0 Å². The number of hydrogen-bond acceptors (Lipinski definition) is 5. The van der Waals surface area contributed by atoms with Crippen molar-refractivity contribution < 1.29 is 0 Å². The number of rotatable bonds is 5. The van der Waals surface area contributed by atoms with Crippen LogP contribution in [0.15, 0.2) is 36.4 Å². The fraction of sp³-hybridized carbons (Fsp3) is 0.389. The smallest absolute Gasteiger partial charge is 0.163 e. The minimum Gasteiger partial charge on any atom is -0.365 e. The standard InChI is InChI=1S/C18H21N5/c19-12-17-8-9-18(22-21-17)20-13-15-4-6-16(7-5-15)14-23-10-2-1-3-11-23/h4-9H,1-3,10-11,13-14H2,(H,20,22). The molecule has 2 heterocycles. The van der Waals surface area contributed by atoms with E-state index in [0.717, 1.165) is 6.54 Å². The molecule has 1 aliphatic heterocycles. The molecule has 0 radical (unpaired) electrons. The summed E-state index contributed by atoms with van der Waals surface area (Å²) in [7, 11) is 0. The van der Waals surface area contributed by atoms with Gasteiger partial charge in [-0.2, -0.15) is 5.26 Å². The van der Waals surface area contributed by atoms with Crippen LogP contribution in [0.2, 0.25) is 0 Å². The van der Waals surface area contributed by atoms with Crippen molar-refractivity contribution in [3.05, 3.63) is 53.2 Å². The van der Waals surface area contributed by atoms with Crippen LogP contribution in [0, 0.1) is 11.3 Å². The van der Waals surface area contributed by atoms with Gasteiger partial charge in [0.2, 0.25) is 0 Å². The molecule has 0 atom stereocenters. The van der Waals surface area contributed by atoms with Gasteiger partial charge in [0.25, 0.3) is 0 Å². The number of piperidine rings is 1. The van der Waals surface area contributed by atoms with E-state index in [4.69, 9.17) is 5.26 Å². The quantitative estimate of drug-likeness (QED) is 0.920. The van der Waals surface area contributed by atoms with Gasteiger partial charge in [-0.1, -0.05) is 30.7 Å². The lowest BCUT2D eigenvalue weighted by molar-refractivity contribution is 0.221. The minimum atomic E-state index is 0.331. The normalized spacial score (nSPS) is 15.1. The first-order valence-electron chi connectivity index (χ1n) is 8.11. The van der Waals surface area contributed by atoms with Crippen molar-refractivity contribution in [3.63, 3.8) is 0 Å². The van der Waals surface area contributed by atoms with Gasteiger partial charge in [-0.25, -0.2) is 0 Å². The Hall–Kier alpha value is -2.45. The van der Waals surface area contributed by atoms with Gasteiger partial charge in [0, 0.05) is 13.1 Å². The molecule has 2 aromatic rings. The van der Waals surface area contributed by atoms with Gasteiger partial charge in [0.05, 0.1) is 0 Å². The predicted molar refractivity (Wildman–Crippen MR) is 89.6 cm³/mol. The van der Waals surface area contributed by atoms with Gasteiger partial charge in [-0.3, -0.25) is 4.90 Å². The Morgan fingerprint density at radius 1 is 0.957 bits per heavy atom. The number of nitrogens with zero attached hydrogens (tertiary/aromatic N) is 4. The largest absolute Gasteiger partial charge is 0.365 e. The SMILES string of the molecule is N#Cc1ccc(NCc2ccc(CN3CCCCC3)cc2)nn1. The van der Waals surface area contributed by atoms with Gasteiger partial charge in [-0.05, 0) is 49.2 Å². The van der Waals surface area contributed by atoms with Crippen molar-refractivity contribution in [3.8, 4) is 6.07 Å². The molecule has 0 amide bonds. The highest BCUT2D eigenvalue weighted by Gasteiger charge is 2.10. The van der Waals surface area contributed by atoms with E-state index in [1.165, 1.54) is 43.5 Å². The van der Waals surface area contributed by atoms with Crippen molar-refractivity contribution in [2.24, 2.45) is 0 Å². The van der Waals surface area contributed by atoms with Gasteiger partial charge in [0.15, 0.2) is 5.69 Å². The number of hydrogen-bond donors (Lipinski definition) is 1. The van der Waals surface area contributed by atoms with Crippen molar-refractivity contribution in [1.29, 1.82) is 5.26 Å². The second-order valence-corrected chi connectivity index (χ2v) is 5.92. The zero-order chi connectivity index (χ0) is 15.9. The first-order valence-corrected chi connectivity index (χ1v) is 8.11. The van der Waals surface area contributed by atoms with Crippen LogP contribution in [0.5, 0.6) is 0 Å². The maximum Gasteiger partial charge on any atom is 0.163 e. The summed E-state index contributed by atoms with van der Waals surface area (Å²) in [5.74, 6) is 0.682. The van der Waals surface area contributed by atoms with E-state index in [1.54, 1.807) is 12.1 Å². The van der Waals surface area contributed by atoms with Gasteiger partial charge in [-0.15, -0.1) is 10.2 Å². The van der Waals surface area contributed by atoms with Crippen molar-refractivity contribution in [2.45, 2.75) is 32.4 Å². The second-order valence-electron chi connectivity index (χ2n) is 5.92. The van der Waals surface area contributed by atoms with Crippen molar-refractivity contribution in [1.82, 2.24) is 15.1 Å². The summed E-state index contributed by atoms with van der Waals surface area (Å²) < 4.78 is 0. The Morgan fingerprint density at radius 3 is 2.35 bits per heavy atom. The van der Waals surface area contributed by atoms with Crippen molar-refractivity contribution >= 4 is 5.82 Å². The Kier molecular flexibility index (Phi) is 5.17. The molecular weight excluding hydrogens is 286 g/mol. The third-order valence-corrected chi connectivity index (χ3v) is 4.13. The fourth-order valence-electron chi connectivity index (χ4n) is 2.82. The van der Waals surface area contributed by atoms with Crippen LogP contribution in [-0.2, 0) is 13.1 Å². The molecule has 118 valence electrons. The molecular formula is C18H21N5. The van der Waals surface area contributed by atoms with E-state index < -0.39 is 0 Å². The number of nitrogens with one attached hydrogen (secondary N) is 1. The third-order valence-electron chi connectivity index (χ3n) is 4.13. The molecule has 1 N–H and O–H groups in total. The van der Waals surface area contributed by atoms with E-state index in [1.807, 2.05) is 6.07 Å². The maximum atomic E-state index is 8.70. The lowest BCUT2D eigenvalue weighted by atomic mass is 10.1. The molecule has 3 rings (SSSR count). The fourth-order valence-corrected chi connectivity index (χ4v) is 2.82. The molecule has 1 aromatic heterocycles. The lowest BCUT2D eigenvalue weighted by Gasteiger charge is -2.26. The van der Waals surface area contributed by atoms with Crippen LogP contribution in [0.1, 0.15) is 36.1 Å². The number of benzene rings is 1. The van der Waals surface area contributed by atoms with Crippen LogP contribution in [0.3, 0.4) is 0 Å². The summed E-state index contributed by atoms with van der Waals surface area (Å²) in [6.07, 6.45) is 4.03. The van der Waals surface area contributed by atoms with Crippen LogP contribution in [-0.4, -0.2) is 28.2 Å². The van der Waals surface area contributed by atoms with E-state index >= 15 is 0 Å². The lowest BCUT2D eigenvalue weighted by Crippen LogP contribution is -2.29. The Balaban J connectivity index is 1.51. The molecule has 0 unspecified atom stereocenters. The Labute approximate surface area is 137 Å². The van der Waals surface area contributed by atoms with E-state index in [2.05, 4.69) is 44.7 Å². The molecule has 0 saturated carbocycles. The maximum absolute atomic E-state index is 8.70. The van der Waals surface area contributed by atoms with E-state index in [9.17, 15) is 0 Å².